The lowest BCUT2D eigenvalue weighted by Crippen LogP contribution is -2.20. The molecule has 2 aromatic carbocycles. The Morgan fingerprint density at radius 1 is 1.03 bits per heavy atom. The van der Waals surface area contributed by atoms with Gasteiger partial charge in [-0.1, -0.05) is 32.1 Å². The van der Waals surface area contributed by atoms with Gasteiger partial charge in [0.15, 0.2) is 16.7 Å². The van der Waals surface area contributed by atoms with Crippen molar-refractivity contribution in [1.82, 2.24) is 9.55 Å². The molecule has 0 aliphatic carbocycles. The van der Waals surface area contributed by atoms with Crippen molar-refractivity contribution < 1.29 is 23.8 Å². The Morgan fingerprint density at radius 3 is 2.30 bits per heavy atom. The van der Waals surface area contributed by atoms with Gasteiger partial charge in [-0.25, -0.2) is 13.8 Å². The van der Waals surface area contributed by atoms with Gasteiger partial charge in [0.05, 0.1) is 21.5 Å². The first-order valence-electron chi connectivity index (χ1n) is 9.11. The fourth-order valence-corrected chi connectivity index (χ4v) is 4.19. The third-order valence-corrected chi connectivity index (χ3v) is 5.68. The highest BCUT2D eigenvalue weighted by atomic mass is 32.1. The van der Waals surface area contributed by atoms with Gasteiger partial charge in [0.25, 0.3) is 0 Å². The number of hydrogen-bond acceptors (Lipinski definition) is 5. The number of benzene rings is 2. The molecule has 0 radical (unpaired) electrons. The van der Waals surface area contributed by atoms with E-state index in [0.717, 1.165) is 11.3 Å². The summed E-state index contributed by atoms with van der Waals surface area (Å²) in [7, 11) is 0. The molecule has 0 fully saturated rings. The standard InChI is InChI=1S/C22H18F2N2O3S/c1-22(2,3)19(28)16-17(11-4-6-12(23)7-5-11)26(20(29)18(16)27)21-25-14-9-8-13(24)10-15(14)30-21/h4-10,27,29H,1-3H3. The maximum absolute atomic E-state index is 13.6. The topological polar surface area (TPSA) is 75.3 Å². The Hall–Kier alpha value is -3.26. The molecular formula is C22H18F2N2O3S. The van der Waals surface area contributed by atoms with Crippen molar-refractivity contribution in [2.45, 2.75) is 20.8 Å². The summed E-state index contributed by atoms with van der Waals surface area (Å²) in [5.74, 6) is -2.45. The summed E-state index contributed by atoms with van der Waals surface area (Å²) in [6.45, 7) is 5.08. The molecule has 4 rings (SSSR count). The highest BCUT2D eigenvalue weighted by Crippen LogP contribution is 2.46. The average molecular weight is 428 g/mol. The Kier molecular flexibility index (Phi) is 4.62. The lowest BCUT2D eigenvalue weighted by atomic mass is 9.85. The van der Waals surface area contributed by atoms with Gasteiger partial charge in [-0.3, -0.25) is 9.36 Å². The van der Waals surface area contributed by atoms with Crippen LogP contribution >= 0.6 is 11.3 Å². The van der Waals surface area contributed by atoms with Gasteiger partial charge >= 0.3 is 0 Å². The number of thiazole rings is 1. The quantitative estimate of drug-likeness (QED) is 0.412. The summed E-state index contributed by atoms with van der Waals surface area (Å²) in [4.78, 5) is 17.6. The molecule has 0 bridgehead atoms. The van der Waals surface area contributed by atoms with Crippen LogP contribution in [0.25, 0.3) is 26.6 Å². The molecule has 0 spiro atoms. The van der Waals surface area contributed by atoms with Crippen LogP contribution in [-0.2, 0) is 0 Å². The number of aromatic hydroxyl groups is 2. The van der Waals surface area contributed by atoms with Gasteiger partial charge in [-0.15, -0.1) is 0 Å². The average Bonchev–Trinajstić information content (AvgIpc) is 3.19. The van der Waals surface area contributed by atoms with Crippen LogP contribution in [0.15, 0.2) is 42.5 Å². The molecule has 4 aromatic rings. The number of rotatable bonds is 3. The SMILES string of the molecule is CC(C)(C)C(=O)c1c(O)c(O)n(-c2nc3ccc(F)cc3s2)c1-c1ccc(F)cc1. The van der Waals surface area contributed by atoms with E-state index in [4.69, 9.17) is 0 Å². The Labute approximate surface area is 174 Å². The molecule has 154 valence electrons. The molecule has 0 aliphatic heterocycles. The number of hydrogen-bond donors (Lipinski definition) is 2. The summed E-state index contributed by atoms with van der Waals surface area (Å²) in [6.07, 6.45) is 0. The third-order valence-electron chi connectivity index (χ3n) is 4.68. The monoisotopic (exact) mass is 428 g/mol. The lowest BCUT2D eigenvalue weighted by Gasteiger charge is -2.17. The minimum Gasteiger partial charge on any atom is -0.503 e. The van der Waals surface area contributed by atoms with Crippen LogP contribution in [-0.4, -0.2) is 25.5 Å². The van der Waals surface area contributed by atoms with Crippen molar-refractivity contribution >= 4 is 27.3 Å². The molecule has 0 saturated heterocycles. The van der Waals surface area contributed by atoms with E-state index in [1.165, 1.54) is 47.0 Å². The summed E-state index contributed by atoms with van der Waals surface area (Å²) in [6, 6.07) is 9.44. The second kappa shape index (κ2) is 6.91. The van der Waals surface area contributed by atoms with Crippen LogP contribution in [0, 0.1) is 17.0 Å². The number of ketones is 1. The van der Waals surface area contributed by atoms with E-state index >= 15 is 0 Å². The summed E-state index contributed by atoms with van der Waals surface area (Å²) < 4.78 is 28.9. The zero-order valence-corrected chi connectivity index (χ0v) is 17.2. The number of halogens is 2. The fraction of sp³-hybridized carbons (Fsp3) is 0.182. The summed E-state index contributed by atoms with van der Waals surface area (Å²) in [5, 5.41) is 21.7. The van der Waals surface area contributed by atoms with Crippen LogP contribution in [0.2, 0.25) is 0 Å². The summed E-state index contributed by atoms with van der Waals surface area (Å²) in [5.41, 5.74) is 0.144. The number of aromatic nitrogens is 2. The van der Waals surface area contributed by atoms with Crippen molar-refractivity contribution in [2.24, 2.45) is 5.41 Å². The number of fused-ring (bicyclic) bond motifs is 1. The molecule has 0 aliphatic rings. The van der Waals surface area contributed by atoms with Crippen molar-refractivity contribution in [3.05, 3.63) is 59.7 Å². The minimum atomic E-state index is -0.860. The zero-order valence-electron chi connectivity index (χ0n) is 16.4. The second-order valence-corrected chi connectivity index (χ2v) is 8.93. The minimum absolute atomic E-state index is 0.0861. The maximum Gasteiger partial charge on any atom is 0.242 e. The van der Waals surface area contributed by atoms with E-state index in [1.54, 1.807) is 20.8 Å². The molecule has 0 atom stereocenters. The van der Waals surface area contributed by atoms with E-state index in [1.807, 2.05) is 0 Å². The van der Waals surface area contributed by atoms with Crippen LogP contribution in [0.1, 0.15) is 31.1 Å². The molecule has 5 nitrogen and oxygen atoms in total. The normalized spacial score (nSPS) is 11.9. The predicted octanol–water partition coefficient (Wildman–Crippen LogP) is 5.67. The third kappa shape index (κ3) is 3.23. The molecule has 8 heteroatoms. The zero-order chi connectivity index (χ0) is 21.8. The maximum atomic E-state index is 13.6. The predicted molar refractivity (Wildman–Crippen MR) is 111 cm³/mol. The first-order valence-corrected chi connectivity index (χ1v) is 9.93. The number of carbonyl (C=O) groups excluding carboxylic acids is 1. The van der Waals surface area contributed by atoms with Crippen molar-refractivity contribution in [3.63, 3.8) is 0 Å². The molecular weight excluding hydrogens is 410 g/mol. The summed E-state index contributed by atoms with van der Waals surface area (Å²) >= 11 is 1.09. The molecule has 2 aromatic heterocycles. The molecule has 30 heavy (non-hydrogen) atoms. The number of carbonyl (C=O) groups is 1. The second-order valence-electron chi connectivity index (χ2n) is 7.93. The Morgan fingerprint density at radius 2 is 1.67 bits per heavy atom. The molecule has 0 unspecified atom stereocenters. The highest BCUT2D eigenvalue weighted by Gasteiger charge is 2.35. The first kappa shape index (κ1) is 20.0. The molecule has 2 N–H and O–H groups in total. The van der Waals surface area contributed by atoms with Crippen LogP contribution in [0.3, 0.4) is 0 Å². The highest BCUT2D eigenvalue weighted by molar-refractivity contribution is 7.20. The van der Waals surface area contributed by atoms with E-state index in [2.05, 4.69) is 4.98 Å². The van der Waals surface area contributed by atoms with Crippen LogP contribution in [0.5, 0.6) is 11.6 Å². The fourth-order valence-electron chi connectivity index (χ4n) is 3.19. The Balaban J connectivity index is 2.06. The van der Waals surface area contributed by atoms with Gasteiger partial charge in [-0.05, 0) is 48.0 Å². The molecule has 0 amide bonds. The van der Waals surface area contributed by atoms with E-state index in [-0.39, 0.29) is 16.4 Å². The van der Waals surface area contributed by atoms with Crippen LogP contribution in [0.4, 0.5) is 8.78 Å². The van der Waals surface area contributed by atoms with Crippen molar-refractivity contribution in [3.8, 4) is 28.0 Å². The molecule has 0 saturated carbocycles. The van der Waals surface area contributed by atoms with Gasteiger partial charge < -0.3 is 10.2 Å². The van der Waals surface area contributed by atoms with Gasteiger partial charge in [0, 0.05) is 5.41 Å². The largest absolute Gasteiger partial charge is 0.503 e. The first-order chi connectivity index (χ1) is 14.1. The molecule has 2 heterocycles. The van der Waals surface area contributed by atoms with Gasteiger partial charge in [-0.2, -0.15) is 0 Å². The lowest BCUT2D eigenvalue weighted by molar-refractivity contribution is 0.0856. The van der Waals surface area contributed by atoms with Crippen molar-refractivity contribution in [2.75, 3.05) is 0 Å². The number of Topliss-reactive ketones (excluding diaryl/α,β-unsaturated/α-hetero) is 1. The smallest absolute Gasteiger partial charge is 0.242 e. The Bertz CT molecular complexity index is 1280. The van der Waals surface area contributed by atoms with E-state index < -0.39 is 34.5 Å². The van der Waals surface area contributed by atoms with Gasteiger partial charge in [0.2, 0.25) is 5.88 Å². The number of nitrogens with zero attached hydrogens (tertiary/aromatic N) is 2. The van der Waals surface area contributed by atoms with E-state index in [9.17, 15) is 23.8 Å². The van der Waals surface area contributed by atoms with Crippen LogP contribution < -0.4 is 0 Å². The van der Waals surface area contributed by atoms with Crippen molar-refractivity contribution in [1.29, 1.82) is 0 Å². The van der Waals surface area contributed by atoms with E-state index in [0.29, 0.717) is 15.8 Å². The van der Waals surface area contributed by atoms with Gasteiger partial charge in [0.1, 0.15) is 11.6 Å².